The Balaban J connectivity index is 1.43. The second kappa shape index (κ2) is 4.59. The summed E-state index contributed by atoms with van der Waals surface area (Å²) in [5.41, 5.74) is 2.33. The van der Waals surface area contributed by atoms with Gasteiger partial charge in [-0.05, 0) is 104 Å². The topological polar surface area (TPSA) is 40.9 Å². The van der Waals surface area contributed by atoms with Crippen molar-refractivity contribution < 1.29 is 4.79 Å². The summed E-state index contributed by atoms with van der Waals surface area (Å²) in [7, 11) is 0. The van der Waals surface area contributed by atoms with Crippen LogP contribution in [0.15, 0.2) is 11.6 Å². The lowest BCUT2D eigenvalue weighted by Crippen LogP contribution is -2.51. The van der Waals surface area contributed by atoms with Crippen LogP contribution in [0.25, 0.3) is 0 Å². The lowest BCUT2D eigenvalue weighted by molar-refractivity contribution is -0.116. The van der Waals surface area contributed by atoms with E-state index >= 15 is 0 Å². The molecule has 0 aromatic rings. The molecule has 0 aliphatic heterocycles. The van der Waals surface area contributed by atoms with Crippen LogP contribution in [-0.4, -0.2) is 5.78 Å². The highest BCUT2D eigenvalue weighted by molar-refractivity contribution is 5.91. The third-order valence-electron chi connectivity index (χ3n) is 9.84. The quantitative estimate of drug-likeness (QED) is 0.683. The van der Waals surface area contributed by atoms with E-state index in [0.29, 0.717) is 28.4 Å². The molecule has 0 N–H and O–H groups in total. The number of carbonyl (C=O) groups excluding carboxylic acids is 1. The summed E-state index contributed by atoms with van der Waals surface area (Å²) in [6.45, 7) is 2.36. The molecular formula is C23H29NO. The largest absolute Gasteiger partial charge is 0.295 e. The Kier molecular flexibility index (Phi) is 2.76. The Labute approximate surface area is 151 Å². The van der Waals surface area contributed by atoms with Crippen LogP contribution in [0.1, 0.15) is 64.7 Å². The van der Waals surface area contributed by atoms with Crippen LogP contribution in [-0.2, 0) is 4.79 Å². The molecule has 0 aromatic heterocycles. The number of ketones is 1. The molecule has 2 heteroatoms. The van der Waals surface area contributed by atoms with Crippen LogP contribution in [0.3, 0.4) is 0 Å². The first-order valence-corrected chi connectivity index (χ1v) is 10.8. The number of nitriles is 1. The van der Waals surface area contributed by atoms with Crippen molar-refractivity contribution in [1.29, 1.82) is 5.26 Å². The normalized spacial score (nSPS) is 53.8. The number of hydrogen-bond donors (Lipinski definition) is 0. The molecule has 132 valence electrons. The molecule has 6 aliphatic carbocycles. The Morgan fingerprint density at radius 1 is 1.16 bits per heavy atom. The van der Waals surface area contributed by atoms with Crippen LogP contribution in [0, 0.1) is 63.6 Å². The van der Waals surface area contributed by atoms with Gasteiger partial charge in [0.2, 0.25) is 0 Å². The lowest BCUT2D eigenvalue weighted by atomic mass is 9.47. The standard InChI is InChI=1S/C23H29NO/c1-2-23-6-5-14-15-4-3-13(25)9-19(15)22(7-8-22)11-18(14)21(23)17-10-16(17)20(23)12-24/h9,14-18,20-21H,2-8,10-11H2,1H3. The molecule has 5 fully saturated rings. The van der Waals surface area contributed by atoms with Gasteiger partial charge in [0.1, 0.15) is 0 Å². The Hall–Kier alpha value is -1.10. The van der Waals surface area contributed by atoms with Gasteiger partial charge in [0.25, 0.3) is 0 Å². The van der Waals surface area contributed by atoms with Crippen LogP contribution in [0.2, 0.25) is 0 Å². The Morgan fingerprint density at radius 3 is 2.72 bits per heavy atom. The molecule has 8 atom stereocenters. The number of hydrogen-bond acceptors (Lipinski definition) is 2. The fraction of sp³-hybridized carbons (Fsp3) is 0.826. The second-order valence-electron chi connectivity index (χ2n) is 10.3. The lowest BCUT2D eigenvalue weighted by Gasteiger charge is -2.57. The highest BCUT2D eigenvalue weighted by Crippen LogP contribution is 2.78. The summed E-state index contributed by atoms with van der Waals surface area (Å²) in [4.78, 5) is 12.1. The number of rotatable bonds is 1. The third kappa shape index (κ3) is 1.69. The van der Waals surface area contributed by atoms with E-state index in [-0.39, 0.29) is 0 Å². The summed E-state index contributed by atoms with van der Waals surface area (Å²) in [6, 6.07) is 2.78. The monoisotopic (exact) mass is 335 g/mol. The zero-order valence-corrected chi connectivity index (χ0v) is 15.3. The van der Waals surface area contributed by atoms with E-state index in [4.69, 9.17) is 0 Å². The van der Waals surface area contributed by atoms with Crippen molar-refractivity contribution in [2.45, 2.75) is 64.7 Å². The van der Waals surface area contributed by atoms with E-state index in [1.165, 1.54) is 44.9 Å². The fourth-order valence-corrected chi connectivity index (χ4v) is 8.72. The number of allylic oxidation sites excluding steroid dienone is 1. The molecule has 5 saturated carbocycles. The van der Waals surface area contributed by atoms with Gasteiger partial charge < -0.3 is 0 Å². The zero-order valence-electron chi connectivity index (χ0n) is 15.3. The molecule has 25 heavy (non-hydrogen) atoms. The predicted octanol–water partition coefficient (Wildman–Crippen LogP) is 4.90. The van der Waals surface area contributed by atoms with Crippen molar-refractivity contribution in [3.05, 3.63) is 11.6 Å². The molecule has 6 rings (SSSR count). The van der Waals surface area contributed by atoms with Crippen molar-refractivity contribution in [3.8, 4) is 6.07 Å². The maximum Gasteiger partial charge on any atom is 0.155 e. The van der Waals surface area contributed by atoms with Crippen molar-refractivity contribution >= 4 is 5.78 Å². The number of nitrogens with zero attached hydrogens (tertiary/aromatic N) is 1. The van der Waals surface area contributed by atoms with Crippen LogP contribution < -0.4 is 0 Å². The molecule has 6 aliphatic rings. The Morgan fingerprint density at radius 2 is 2.00 bits per heavy atom. The molecule has 0 bridgehead atoms. The van der Waals surface area contributed by atoms with E-state index in [1.807, 2.05) is 0 Å². The summed E-state index contributed by atoms with van der Waals surface area (Å²) in [6.07, 6.45) is 13.1. The van der Waals surface area contributed by atoms with E-state index < -0.39 is 0 Å². The third-order valence-corrected chi connectivity index (χ3v) is 9.84. The molecule has 0 aromatic carbocycles. The SMILES string of the molecule is CCC12CCC3C4CCC(=O)C=C4C4(CC4)CC3C1C1CC1C2C#N. The fourth-order valence-electron chi connectivity index (χ4n) is 8.72. The van der Waals surface area contributed by atoms with Gasteiger partial charge in [0.05, 0.1) is 12.0 Å². The van der Waals surface area contributed by atoms with Crippen molar-refractivity contribution in [2.24, 2.45) is 52.3 Å². The van der Waals surface area contributed by atoms with Crippen LogP contribution in [0.4, 0.5) is 0 Å². The van der Waals surface area contributed by atoms with E-state index in [1.54, 1.807) is 5.57 Å². The van der Waals surface area contributed by atoms with Gasteiger partial charge in [-0.2, -0.15) is 5.26 Å². The van der Waals surface area contributed by atoms with Gasteiger partial charge in [-0.15, -0.1) is 0 Å². The number of fused-ring (bicyclic) bond motifs is 8. The zero-order chi connectivity index (χ0) is 17.0. The molecule has 0 saturated heterocycles. The molecule has 2 nitrogen and oxygen atoms in total. The Bertz CT molecular complexity index is 725. The van der Waals surface area contributed by atoms with Gasteiger partial charge >= 0.3 is 0 Å². The van der Waals surface area contributed by atoms with Gasteiger partial charge in [-0.1, -0.05) is 12.5 Å². The summed E-state index contributed by atoms with van der Waals surface area (Å²) in [5.74, 6) is 5.51. The minimum absolute atomic E-state index is 0.339. The van der Waals surface area contributed by atoms with Crippen molar-refractivity contribution in [2.75, 3.05) is 0 Å². The second-order valence-corrected chi connectivity index (χ2v) is 10.3. The first kappa shape index (κ1) is 15.0. The van der Waals surface area contributed by atoms with Gasteiger partial charge in [-0.25, -0.2) is 0 Å². The summed E-state index contributed by atoms with van der Waals surface area (Å²) in [5, 5.41) is 9.93. The molecule has 0 amide bonds. The minimum atomic E-state index is 0.339. The van der Waals surface area contributed by atoms with Crippen LogP contribution in [0.5, 0.6) is 0 Å². The highest BCUT2D eigenvalue weighted by Gasteiger charge is 2.72. The molecular weight excluding hydrogens is 306 g/mol. The first-order valence-electron chi connectivity index (χ1n) is 10.8. The van der Waals surface area contributed by atoms with Crippen LogP contribution >= 0.6 is 0 Å². The molecule has 0 radical (unpaired) electrons. The van der Waals surface area contributed by atoms with E-state index in [0.717, 1.165) is 42.4 Å². The maximum atomic E-state index is 12.1. The van der Waals surface area contributed by atoms with Crippen molar-refractivity contribution in [1.82, 2.24) is 0 Å². The molecule has 1 spiro atoms. The molecule has 8 unspecified atom stereocenters. The molecule has 0 heterocycles. The summed E-state index contributed by atoms with van der Waals surface area (Å²) < 4.78 is 0. The maximum absolute atomic E-state index is 12.1. The first-order chi connectivity index (χ1) is 12.1. The van der Waals surface area contributed by atoms with Gasteiger partial charge in [0, 0.05) is 6.42 Å². The average molecular weight is 335 g/mol. The highest BCUT2D eigenvalue weighted by atomic mass is 16.1. The van der Waals surface area contributed by atoms with Crippen molar-refractivity contribution in [3.63, 3.8) is 0 Å². The summed E-state index contributed by atoms with van der Waals surface area (Å²) >= 11 is 0. The predicted molar refractivity (Wildman–Crippen MR) is 95.2 cm³/mol. The average Bonchev–Trinajstić information content (AvgIpc) is 3.54. The van der Waals surface area contributed by atoms with Gasteiger partial charge in [-0.3, -0.25) is 4.79 Å². The van der Waals surface area contributed by atoms with E-state index in [2.05, 4.69) is 19.1 Å². The van der Waals surface area contributed by atoms with E-state index in [9.17, 15) is 10.1 Å². The number of carbonyl (C=O) groups is 1. The minimum Gasteiger partial charge on any atom is -0.295 e. The van der Waals surface area contributed by atoms with Gasteiger partial charge in [0.15, 0.2) is 5.78 Å². The smallest absolute Gasteiger partial charge is 0.155 e.